The summed E-state index contributed by atoms with van der Waals surface area (Å²) in [5.74, 6) is 1.07. The normalized spacial score (nSPS) is 11.1. The molecule has 0 spiro atoms. The van der Waals surface area contributed by atoms with Gasteiger partial charge < -0.3 is 9.84 Å². The van der Waals surface area contributed by atoms with E-state index in [-0.39, 0.29) is 5.91 Å². The third-order valence-corrected chi connectivity index (χ3v) is 5.27. The zero-order valence-electron chi connectivity index (χ0n) is 13.4. The van der Waals surface area contributed by atoms with E-state index in [9.17, 15) is 4.79 Å². The Balaban J connectivity index is 1.58. The molecule has 126 valence electrons. The van der Waals surface area contributed by atoms with Crippen LogP contribution >= 0.6 is 22.7 Å². The number of carbonyl (C=O) groups excluding carboxylic acids is 1. The van der Waals surface area contributed by atoms with Crippen LogP contribution in [0.25, 0.3) is 0 Å². The molecule has 3 rings (SSSR count). The number of amides is 1. The molecule has 0 aliphatic rings. The molecule has 0 saturated carbocycles. The summed E-state index contributed by atoms with van der Waals surface area (Å²) in [5.41, 5.74) is 0. The van der Waals surface area contributed by atoms with Crippen LogP contribution in [0.3, 0.4) is 0 Å². The molecule has 0 unspecified atom stereocenters. The Morgan fingerprint density at radius 1 is 1.25 bits per heavy atom. The van der Waals surface area contributed by atoms with Crippen LogP contribution in [-0.2, 0) is 17.8 Å². The quantitative estimate of drug-likeness (QED) is 0.663. The molecule has 5 nitrogen and oxygen atoms in total. The van der Waals surface area contributed by atoms with Crippen molar-refractivity contribution in [1.82, 2.24) is 10.1 Å². The van der Waals surface area contributed by atoms with Crippen molar-refractivity contribution in [3.8, 4) is 0 Å². The van der Waals surface area contributed by atoms with E-state index >= 15 is 0 Å². The van der Waals surface area contributed by atoms with E-state index in [1.807, 2.05) is 6.07 Å². The summed E-state index contributed by atoms with van der Waals surface area (Å²) >= 11 is 3.46. The van der Waals surface area contributed by atoms with E-state index in [0.29, 0.717) is 18.1 Å². The molecule has 1 amide bonds. The Bertz CT molecular complexity index is 751. The number of carbonyl (C=O) groups is 1. The lowest BCUT2D eigenvalue weighted by Crippen LogP contribution is -2.34. The number of rotatable bonds is 8. The van der Waals surface area contributed by atoms with E-state index in [1.165, 1.54) is 9.75 Å². The summed E-state index contributed by atoms with van der Waals surface area (Å²) in [6.45, 7) is 3.74. The first-order valence-electron chi connectivity index (χ1n) is 7.69. The molecule has 3 aromatic heterocycles. The molecular formula is C17H19N3O2S2. The summed E-state index contributed by atoms with van der Waals surface area (Å²) in [6.07, 6.45) is 0.944. The van der Waals surface area contributed by atoms with Gasteiger partial charge in [0.25, 0.3) is 0 Å². The van der Waals surface area contributed by atoms with Crippen LogP contribution in [0.15, 0.2) is 45.6 Å². The Hall–Kier alpha value is -1.96. The first-order valence-corrected chi connectivity index (χ1v) is 9.45. The highest BCUT2D eigenvalue weighted by atomic mass is 32.1. The summed E-state index contributed by atoms with van der Waals surface area (Å²) in [6, 6.07) is 10.0. The number of anilines is 1. The summed E-state index contributed by atoms with van der Waals surface area (Å²) in [5, 5.41) is 10.7. The van der Waals surface area contributed by atoms with E-state index in [2.05, 4.69) is 44.3 Å². The second-order valence-electron chi connectivity index (χ2n) is 5.49. The summed E-state index contributed by atoms with van der Waals surface area (Å²) in [4.78, 5) is 17.0. The number of hydrogen-bond acceptors (Lipinski definition) is 6. The number of nitrogens with zero attached hydrogens (tertiary/aromatic N) is 2. The SMILES string of the molecule is Cc1cc(NC(=O)CN(CCc2cccs2)Cc2cccs2)no1. The summed E-state index contributed by atoms with van der Waals surface area (Å²) < 4.78 is 4.98. The van der Waals surface area contributed by atoms with Crippen molar-refractivity contribution in [3.05, 3.63) is 56.6 Å². The molecule has 0 atom stereocenters. The molecular weight excluding hydrogens is 342 g/mol. The lowest BCUT2D eigenvalue weighted by atomic mass is 10.3. The molecule has 0 aromatic carbocycles. The molecule has 0 saturated heterocycles. The molecule has 0 bridgehead atoms. The fourth-order valence-corrected chi connectivity index (χ4v) is 3.82. The lowest BCUT2D eigenvalue weighted by Gasteiger charge is -2.20. The van der Waals surface area contributed by atoms with Crippen molar-refractivity contribution in [2.45, 2.75) is 19.9 Å². The molecule has 0 fully saturated rings. The lowest BCUT2D eigenvalue weighted by molar-refractivity contribution is -0.117. The third kappa shape index (κ3) is 5.02. The predicted molar refractivity (Wildman–Crippen MR) is 97.5 cm³/mol. The van der Waals surface area contributed by atoms with Crippen molar-refractivity contribution in [2.75, 3.05) is 18.4 Å². The van der Waals surface area contributed by atoms with Gasteiger partial charge in [0.1, 0.15) is 5.76 Å². The number of thiophene rings is 2. The minimum absolute atomic E-state index is 0.0777. The molecule has 1 N–H and O–H groups in total. The maximum absolute atomic E-state index is 12.3. The molecule has 24 heavy (non-hydrogen) atoms. The predicted octanol–water partition coefficient (Wildman–Crippen LogP) is 3.79. The van der Waals surface area contributed by atoms with E-state index < -0.39 is 0 Å². The molecule has 0 aliphatic carbocycles. The van der Waals surface area contributed by atoms with Gasteiger partial charge in [0, 0.05) is 28.9 Å². The van der Waals surface area contributed by atoms with Gasteiger partial charge in [-0.15, -0.1) is 22.7 Å². The average Bonchev–Trinajstić information content (AvgIpc) is 3.28. The monoisotopic (exact) mass is 361 g/mol. The van der Waals surface area contributed by atoms with Crippen molar-refractivity contribution in [1.29, 1.82) is 0 Å². The van der Waals surface area contributed by atoms with E-state index in [1.54, 1.807) is 35.7 Å². The van der Waals surface area contributed by atoms with Gasteiger partial charge in [0.05, 0.1) is 6.54 Å². The van der Waals surface area contributed by atoms with Gasteiger partial charge in [-0.25, -0.2) is 0 Å². The summed E-state index contributed by atoms with van der Waals surface area (Å²) in [7, 11) is 0. The van der Waals surface area contributed by atoms with Crippen LogP contribution in [-0.4, -0.2) is 29.1 Å². The maximum atomic E-state index is 12.3. The number of nitrogens with one attached hydrogen (secondary N) is 1. The van der Waals surface area contributed by atoms with Crippen LogP contribution in [0.2, 0.25) is 0 Å². The highest BCUT2D eigenvalue weighted by Crippen LogP contribution is 2.15. The zero-order valence-corrected chi connectivity index (χ0v) is 15.0. The topological polar surface area (TPSA) is 58.4 Å². The van der Waals surface area contributed by atoms with E-state index in [4.69, 9.17) is 4.52 Å². The zero-order chi connectivity index (χ0) is 16.8. The van der Waals surface area contributed by atoms with Gasteiger partial charge in [-0.1, -0.05) is 17.3 Å². The standard InChI is InChI=1S/C17H19N3O2S2/c1-13-10-16(19-22-13)18-17(21)12-20(11-15-5-3-9-24-15)7-6-14-4-2-8-23-14/h2-5,8-10H,6-7,11-12H2,1H3,(H,18,19,21). The van der Waals surface area contributed by atoms with E-state index in [0.717, 1.165) is 19.5 Å². The Morgan fingerprint density at radius 2 is 2.00 bits per heavy atom. The van der Waals surface area contributed by atoms with Gasteiger partial charge in [-0.3, -0.25) is 9.69 Å². The van der Waals surface area contributed by atoms with Gasteiger partial charge in [-0.2, -0.15) is 0 Å². The molecule has 3 aromatic rings. The largest absolute Gasteiger partial charge is 0.360 e. The van der Waals surface area contributed by atoms with Crippen LogP contribution in [0, 0.1) is 6.92 Å². The third-order valence-electron chi connectivity index (χ3n) is 3.48. The second-order valence-corrected chi connectivity index (χ2v) is 7.55. The minimum atomic E-state index is -0.0777. The second kappa shape index (κ2) is 8.23. The molecule has 0 radical (unpaired) electrons. The van der Waals surface area contributed by atoms with Gasteiger partial charge in [-0.05, 0) is 36.2 Å². The smallest absolute Gasteiger partial charge is 0.239 e. The maximum Gasteiger partial charge on any atom is 0.239 e. The van der Waals surface area contributed by atoms with Gasteiger partial charge in [0.15, 0.2) is 5.82 Å². The van der Waals surface area contributed by atoms with Crippen LogP contribution < -0.4 is 5.32 Å². The molecule has 0 aliphatic heterocycles. The van der Waals surface area contributed by atoms with Crippen molar-refractivity contribution in [2.24, 2.45) is 0 Å². The Labute approximate surface area is 148 Å². The minimum Gasteiger partial charge on any atom is -0.360 e. The van der Waals surface area contributed by atoms with Crippen molar-refractivity contribution < 1.29 is 9.32 Å². The fraction of sp³-hybridized carbons (Fsp3) is 0.294. The first-order chi connectivity index (χ1) is 11.7. The first kappa shape index (κ1) is 16.9. The van der Waals surface area contributed by atoms with Crippen LogP contribution in [0.1, 0.15) is 15.5 Å². The van der Waals surface area contributed by atoms with Crippen molar-refractivity contribution in [3.63, 3.8) is 0 Å². The molecule has 7 heteroatoms. The van der Waals surface area contributed by atoms with Crippen LogP contribution in [0.4, 0.5) is 5.82 Å². The van der Waals surface area contributed by atoms with Gasteiger partial charge >= 0.3 is 0 Å². The van der Waals surface area contributed by atoms with Crippen LogP contribution in [0.5, 0.6) is 0 Å². The number of aryl methyl sites for hydroxylation is 1. The highest BCUT2D eigenvalue weighted by Gasteiger charge is 2.14. The Kier molecular flexibility index (Phi) is 5.79. The average molecular weight is 361 g/mol. The number of hydrogen-bond donors (Lipinski definition) is 1. The van der Waals surface area contributed by atoms with Gasteiger partial charge in [0.2, 0.25) is 5.91 Å². The van der Waals surface area contributed by atoms with Crippen molar-refractivity contribution >= 4 is 34.4 Å². The highest BCUT2D eigenvalue weighted by molar-refractivity contribution is 7.10. The molecule has 3 heterocycles. The fourth-order valence-electron chi connectivity index (χ4n) is 2.37. The Morgan fingerprint density at radius 3 is 2.62 bits per heavy atom. The number of aromatic nitrogens is 1.